The van der Waals surface area contributed by atoms with Crippen molar-refractivity contribution in [3.8, 4) is 5.75 Å². The molecule has 0 radical (unpaired) electrons. The van der Waals surface area contributed by atoms with Crippen LogP contribution in [0.1, 0.15) is 5.56 Å². The van der Waals surface area contributed by atoms with E-state index in [0.717, 1.165) is 16.9 Å². The van der Waals surface area contributed by atoms with Crippen LogP contribution in [0.2, 0.25) is 0 Å². The van der Waals surface area contributed by atoms with E-state index in [0.29, 0.717) is 0 Å². The third kappa shape index (κ3) is 2.88. The molecular weight excluding hydrogens is 212 g/mol. The zero-order valence-corrected chi connectivity index (χ0v) is 9.63. The van der Waals surface area contributed by atoms with Crippen molar-refractivity contribution in [2.24, 2.45) is 0 Å². The number of allylic oxidation sites excluding steroid dienone is 7. The molecule has 1 aromatic carbocycles. The van der Waals surface area contributed by atoms with Crippen molar-refractivity contribution >= 4 is 5.76 Å². The minimum atomic E-state index is 0.227. The molecule has 17 heavy (non-hydrogen) atoms. The van der Waals surface area contributed by atoms with Crippen molar-refractivity contribution in [2.45, 2.75) is 0 Å². The molecule has 0 amide bonds. The lowest BCUT2D eigenvalue weighted by Gasteiger charge is -2.03. The van der Waals surface area contributed by atoms with Gasteiger partial charge in [-0.1, -0.05) is 42.5 Å². The van der Waals surface area contributed by atoms with Crippen molar-refractivity contribution in [3.63, 3.8) is 0 Å². The van der Waals surface area contributed by atoms with E-state index in [-0.39, 0.29) is 5.76 Å². The fraction of sp³-hybridized carbons (Fsp3) is 0.0667. The van der Waals surface area contributed by atoms with Crippen molar-refractivity contribution in [1.82, 2.24) is 0 Å². The second kappa shape index (κ2) is 5.21. The number of aliphatic hydroxyl groups is 1. The van der Waals surface area contributed by atoms with E-state index in [9.17, 15) is 5.11 Å². The first-order valence-electron chi connectivity index (χ1n) is 5.40. The fourth-order valence-corrected chi connectivity index (χ4v) is 1.55. The topological polar surface area (TPSA) is 29.5 Å². The second-order valence-electron chi connectivity index (χ2n) is 3.67. The Hall–Kier alpha value is -2.22. The Morgan fingerprint density at radius 3 is 2.71 bits per heavy atom. The summed E-state index contributed by atoms with van der Waals surface area (Å²) >= 11 is 0. The number of ether oxygens (including phenoxy) is 1. The highest BCUT2D eigenvalue weighted by molar-refractivity contribution is 5.62. The van der Waals surface area contributed by atoms with Gasteiger partial charge in [-0.25, -0.2) is 0 Å². The summed E-state index contributed by atoms with van der Waals surface area (Å²) in [5.41, 5.74) is 1.81. The lowest BCUT2D eigenvalue weighted by molar-refractivity contribution is 0.414. The molecule has 0 heterocycles. The SMILES string of the molecule is COc1cccc(/C(O)=C/C=C2C=CC=C2)c1. The summed E-state index contributed by atoms with van der Waals surface area (Å²) in [5.74, 6) is 0.959. The maximum atomic E-state index is 9.91. The largest absolute Gasteiger partial charge is 0.507 e. The van der Waals surface area contributed by atoms with E-state index >= 15 is 0 Å². The summed E-state index contributed by atoms with van der Waals surface area (Å²) in [5, 5.41) is 9.91. The summed E-state index contributed by atoms with van der Waals surface area (Å²) in [4.78, 5) is 0. The molecule has 0 atom stereocenters. The fourth-order valence-electron chi connectivity index (χ4n) is 1.55. The third-order valence-electron chi connectivity index (χ3n) is 2.49. The molecule has 1 aliphatic rings. The average Bonchev–Trinajstić information content (AvgIpc) is 2.89. The Balaban J connectivity index is 2.21. The van der Waals surface area contributed by atoms with Gasteiger partial charge in [0.1, 0.15) is 11.5 Å². The number of methoxy groups -OCH3 is 1. The van der Waals surface area contributed by atoms with Gasteiger partial charge in [0.15, 0.2) is 0 Å². The molecule has 0 fully saturated rings. The zero-order valence-electron chi connectivity index (χ0n) is 9.63. The molecule has 0 spiro atoms. The van der Waals surface area contributed by atoms with E-state index in [1.54, 1.807) is 19.3 Å². The molecule has 0 unspecified atom stereocenters. The lowest BCUT2D eigenvalue weighted by Crippen LogP contribution is -1.86. The highest BCUT2D eigenvalue weighted by Gasteiger charge is 1.99. The van der Waals surface area contributed by atoms with Crippen LogP contribution >= 0.6 is 0 Å². The van der Waals surface area contributed by atoms with Crippen molar-refractivity contribution in [2.75, 3.05) is 7.11 Å². The predicted molar refractivity (Wildman–Crippen MR) is 70.0 cm³/mol. The van der Waals surface area contributed by atoms with Gasteiger partial charge in [0.05, 0.1) is 7.11 Å². The number of rotatable bonds is 3. The first-order chi connectivity index (χ1) is 8.29. The smallest absolute Gasteiger partial charge is 0.122 e. The Labute approximate surface area is 101 Å². The maximum Gasteiger partial charge on any atom is 0.122 e. The first-order valence-corrected chi connectivity index (χ1v) is 5.40. The standard InChI is InChI=1S/C15H14O2/c1-17-14-8-4-7-13(11-14)15(16)10-9-12-5-2-3-6-12/h2-11,16H,1H3/b15-10-. The minimum absolute atomic E-state index is 0.227. The zero-order chi connectivity index (χ0) is 12.1. The van der Waals surface area contributed by atoms with Gasteiger partial charge in [-0.15, -0.1) is 0 Å². The number of aliphatic hydroxyl groups excluding tert-OH is 1. The highest BCUT2D eigenvalue weighted by atomic mass is 16.5. The van der Waals surface area contributed by atoms with Gasteiger partial charge in [-0.2, -0.15) is 0 Å². The summed E-state index contributed by atoms with van der Waals surface area (Å²) in [6, 6.07) is 7.33. The Morgan fingerprint density at radius 1 is 1.24 bits per heavy atom. The molecule has 1 N–H and O–H groups in total. The van der Waals surface area contributed by atoms with Crippen LogP contribution in [0.5, 0.6) is 5.75 Å². The van der Waals surface area contributed by atoms with Crippen LogP contribution < -0.4 is 4.74 Å². The number of hydrogen-bond donors (Lipinski definition) is 1. The molecule has 1 aliphatic carbocycles. The predicted octanol–water partition coefficient (Wildman–Crippen LogP) is 3.65. The van der Waals surface area contributed by atoms with Crippen molar-refractivity contribution in [3.05, 3.63) is 71.9 Å². The van der Waals surface area contributed by atoms with Crippen LogP contribution in [-0.4, -0.2) is 12.2 Å². The molecule has 2 rings (SSSR count). The maximum absolute atomic E-state index is 9.91. The van der Waals surface area contributed by atoms with E-state index in [2.05, 4.69) is 0 Å². The monoisotopic (exact) mass is 226 g/mol. The van der Waals surface area contributed by atoms with Crippen LogP contribution in [0.4, 0.5) is 0 Å². The first kappa shape index (κ1) is 11.3. The van der Waals surface area contributed by atoms with Crippen molar-refractivity contribution < 1.29 is 9.84 Å². The number of benzene rings is 1. The molecule has 1 aromatic rings. The van der Waals surface area contributed by atoms with Crippen molar-refractivity contribution in [1.29, 1.82) is 0 Å². The molecule has 0 saturated carbocycles. The molecule has 2 nitrogen and oxygen atoms in total. The van der Waals surface area contributed by atoms with E-state index in [1.165, 1.54) is 0 Å². The quantitative estimate of drug-likeness (QED) is 0.797. The summed E-state index contributed by atoms with van der Waals surface area (Å²) in [6.07, 6.45) is 11.4. The summed E-state index contributed by atoms with van der Waals surface area (Å²) < 4.78 is 5.11. The van der Waals surface area contributed by atoms with Gasteiger partial charge in [0, 0.05) is 5.56 Å². The molecule has 0 aliphatic heterocycles. The van der Waals surface area contributed by atoms with E-state index in [4.69, 9.17) is 4.74 Å². The van der Waals surface area contributed by atoms with Gasteiger partial charge in [0.25, 0.3) is 0 Å². The second-order valence-corrected chi connectivity index (χ2v) is 3.67. The van der Waals surface area contributed by atoms with Gasteiger partial charge in [0.2, 0.25) is 0 Å². The van der Waals surface area contributed by atoms with Gasteiger partial charge in [-0.05, 0) is 23.8 Å². The molecule has 0 bridgehead atoms. The van der Waals surface area contributed by atoms with Crippen LogP contribution in [0.15, 0.2) is 66.3 Å². The van der Waals surface area contributed by atoms with Crippen LogP contribution in [0.3, 0.4) is 0 Å². The Bertz CT molecular complexity index is 505. The van der Waals surface area contributed by atoms with Gasteiger partial charge in [-0.3, -0.25) is 0 Å². The Morgan fingerprint density at radius 2 is 2.00 bits per heavy atom. The molecular formula is C15H14O2. The Kier molecular flexibility index (Phi) is 3.46. The minimum Gasteiger partial charge on any atom is -0.507 e. The van der Waals surface area contributed by atoms with E-state index in [1.807, 2.05) is 48.6 Å². The molecule has 86 valence electrons. The molecule has 0 aromatic heterocycles. The number of hydrogen-bond acceptors (Lipinski definition) is 2. The average molecular weight is 226 g/mol. The summed E-state index contributed by atoms with van der Waals surface area (Å²) in [6.45, 7) is 0. The molecule has 2 heteroatoms. The molecule has 0 saturated heterocycles. The van der Waals surface area contributed by atoms with Crippen LogP contribution in [0.25, 0.3) is 5.76 Å². The van der Waals surface area contributed by atoms with E-state index < -0.39 is 0 Å². The third-order valence-corrected chi connectivity index (χ3v) is 2.49. The highest BCUT2D eigenvalue weighted by Crippen LogP contribution is 2.18. The van der Waals surface area contributed by atoms with Crippen LogP contribution in [0, 0.1) is 0 Å². The van der Waals surface area contributed by atoms with Crippen LogP contribution in [-0.2, 0) is 0 Å². The van der Waals surface area contributed by atoms with Gasteiger partial charge >= 0.3 is 0 Å². The van der Waals surface area contributed by atoms with Gasteiger partial charge < -0.3 is 9.84 Å². The normalized spacial score (nSPS) is 14.2. The summed E-state index contributed by atoms with van der Waals surface area (Å²) in [7, 11) is 1.61. The lowest BCUT2D eigenvalue weighted by atomic mass is 10.1.